The van der Waals surface area contributed by atoms with Gasteiger partial charge in [-0.2, -0.15) is 0 Å². The molecule has 0 aliphatic carbocycles. The highest BCUT2D eigenvalue weighted by Crippen LogP contribution is 2.23. The number of aryl methyl sites for hydroxylation is 1. The van der Waals surface area contributed by atoms with Crippen molar-refractivity contribution >= 4 is 11.9 Å². The van der Waals surface area contributed by atoms with Crippen LogP contribution in [0.5, 0.6) is 11.5 Å². The molecule has 22 heavy (non-hydrogen) atoms. The van der Waals surface area contributed by atoms with Gasteiger partial charge in [-0.15, -0.1) is 0 Å². The second-order valence-corrected chi connectivity index (χ2v) is 4.54. The van der Waals surface area contributed by atoms with Crippen LogP contribution in [0.15, 0.2) is 53.7 Å². The van der Waals surface area contributed by atoms with E-state index >= 15 is 0 Å². The first-order valence-electron chi connectivity index (χ1n) is 6.74. The summed E-state index contributed by atoms with van der Waals surface area (Å²) in [4.78, 5) is 16.1. The van der Waals surface area contributed by atoms with Gasteiger partial charge in [0.15, 0.2) is 0 Å². The van der Waals surface area contributed by atoms with Crippen LogP contribution < -0.4 is 9.47 Å². The predicted octanol–water partition coefficient (Wildman–Crippen LogP) is 3.31. The molecule has 0 amide bonds. The molecule has 0 radical (unpaired) electrons. The first-order chi connectivity index (χ1) is 10.6. The van der Waals surface area contributed by atoms with E-state index in [1.165, 1.54) is 14.0 Å². The molecule has 2 aromatic rings. The Balaban J connectivity index is 2.39. The summed E-state index contributed by atoms with van der Waals surface area (Å²) in [5.41, 5.74) is 1.49. The van der Waals surface area contributed by atoms with E-state index in [4.69, 9.17) is 14.3 Å². The number of para-hydroxylation sites is 2. The predicted molar refractivity (Wildman–Crippen MR) is 83.1 cm³/mol. The van der Waals surface area contributed by atoms with E-state index in [1.807, 2.05) is 31.2 Å². The molecule has 114 valence electrons. The summed E-state index contributed by atoms with van der Waals surface area (Å²) < 4.78 is 11.0. The lowest BCUT2D eigenvalue weighted by molar-refractivity contribution is -0.131. The van der Waals surface area contributed by atoms with Crippen molar-refractivity contribution in [1.82, 2.24) is 0 Å². The van der Waals surface area contributed by atoms with Crippen LogP contribution in [0.1, 0.15) is 18.1 Å². The van der Waals surface area contributed by atoms with Crippen LogP contribution in [0.3, 0.4) is 0 Å². The number of ether oxygens (including phenoxy) is 2. The van der Waals surface area contributed by atoms with Crippen molar-refractivity contribution in [1.29, 1.82) is 0 Å². The van der Waals surface area contributed by atoms with E-state index in [1.54, 1.807) is 24.3 Å². The zero-order valence-corrected chi connectivity index (χ0v) is 12.7. The Morgan fingerprint density at radius 2 is 1.59 bits per heavy atom. The number of oxime groups is 1. The summed E-state index contributed by atoms with van der Waals surface area (Å²) in [7, 11) is 1.43. The minimum atomic E-state index is -0.417. The third-order valence-electron chi connectivity index (χ3n) is 2.85. The molecule has 0 aliphatic heterocycles. The van der Waals surface area contributed by atoms with Gasteiger partial charge in [-0.1, -0.05) is 30.3 Å². The van der Waals surface area contributed by atoms with Crippen molar-refractivity contribution in [2.45, 2.75) is 13.8 Å². The van der Waals surface area contributed by atoms with E-state index < -0.39 is 5.97 Å². The van der Waals surface area contributed by atoms with Crippen LogP contribution in [0.4, 0.5) is 0 Å². The molecule has 0 aliphatic rings. The van der Waals surface area contributed by atoms with Gasteiger partial charge in [0.2, 0.25) is 0 Å². The monoisotopic (exact) mass is 299 g/mol. The van der Waals surface area contributed by atoms with Crippen LogP contribution >= 0.6 is 0 Å². The van der Waals surface area contributed by atoms with Gasteiger partial charge in [0.25, 0.3) is 5.90 Å². The van der Waals surface area contributed by atoms with Gasteiger partial charge in [-0.25, -0.2) is 0 Å². The maximum absolute atomic E-state index is 11.2. The highest BCUT2D eigenvalue weighted by molar-refractivity contribution is 5.98. The SMILES string of the molecule is CO/N=C(/Oc1ccccc1C)c1ccccc1OC(C)=O. The maximum Gasteiger partial charge on any atom is 0.308 e. The largest absolute Gasteiger partial charge is 0.436 e. The number of hydrogen-bond acceptors (Lipinski definition) is 5. The Kier molecular flexibility index (Phi) is 5.14. The van der Waals surface area contributed by atoms with Crippen molar-refractivity contribution in [2.75, 3.05) is 7.11 Å². The van der Waals surface area contributed by atoms with Gasteiger partial charge in [0.1, 0.15) is 18.6 Å². The smallest absolute Gasteiger partial charge is 0.308 e. The van der Waals surface area contributed by atoms with Crippen LogP contribution in [-0.2, 0) is 9.63 Å². The summed E-state index contributed by atoms with van der Waals surface area (Å²) in [5.74, 6) is 0.809. The Hall–Kier alpha value is -2.82. The fraction of sp³-hybridized carbons (Fsp3) is 0.176. The van der Waals surface area contributed by atoms with Crippen LogP contribution in [0.25, 0.3) is 0 Å². The van der Waals surface area contributed by atoms with E-state index in [0.717, 1.165) is 5.56 Å². The highest BCUT2D eigenvalue weighted by Gasteiger charge is 2.15. The first-order valence-corrected chi connectivity index (χ1v) is 6.74. The van der Waals surface area contributed by atoms with E-state index in [-0.39, 0.29) is 5.90 Å². The van der Waals surface area contributed by atoms with Crippen molar-refractivity contribution < 1.29 is 19.1 Å². The van der Waals surface area contributed by atoms with E-state index in [0.29, 0.717) is 17.1 Å². The summed E-state index contributed by atoms with van der Waals surface area (Å²) in [5, 5.41) is 3.90. The Bertz CT molecular complexity index is 695. The fourth-order valence-corrected chi connectivity index (χ4v) is 1.87. The molecule has 0 unspecified atom stereocenters. The molecule has 0 spiro atoms. The van der Waals surface area contributed by atoms with Crippen molar-refractivity contribution in [3.05, 3.63) is 59.7 Å². The summed E-state index contributed by atoms with van der Waals surface area (Å²) in [6, 6.07) is 14.5. The molecule has 0 fully saturated rings. The number of nitrogens with zero attached hydrogens (tertiary/aromatic N) is 1. The minimum Gasteiger partial charge on any atom is -0.436 e. The van der Waals surface area contributed by atoms with E-state index in [2.05, 4.69) is 5.16 Å². The molecular weight excluding hydrogens is 282 g/mol. The van der Waals surface area contributed by atoms with Gasteiger partial charge < -0.3 is 14.3 Å². The Morgan fingerprint density at radius 1 is 0.955 bits per heavy atom. The summed E-state index contributed by atoms with van der Waals surface area (Å²) >= 11 is 0. The number of carbonyl (C=O) groups excluding carboxylic acids is 1. The topological polar surface area (TPSA) is 57.1 Å². The van der Waals surface area contributed by atoms with Gasteiger partial charge in [0.05, 0.1) is 5.56 Å². The normalized spacial score (nSPS) is 11.0. The van der Waals surface area contributed by atoms with Crippen LogP contribution in [0, 0.1) is 6.92 Å². The van der Waals surface area contributed by atoms with Gasteiger partial charge in [-0.3, -0.25) is 4.79 Å². The second-order valence-electron chi connectivity index (χ2n) is 4.54. The molecular formula is C17H17NO4. The second kappa shape index (κ2) is 7.26. The number of hydrogen-bond donors (Lipinski definition) is 0. The van der Waals surface area contributed by atoms with Gasteiger partial charge in [0, 0.05) is 6.92 Å². The highest BCUT2D eigenvalue weighted by atomic mass is 16.6. The zero-order valence-electron chi connectivity index (χ0n) is 12.7. The molecule has 0 aromatic heterocycles. The number of benzene rings is 2. The standard InChI is InChI=1S/C17H17NO4/c1-12-8-4-6-10-15(12)22-17(18-20-3)14-9-5-7-11-16(14)21-13(2)19/h4-11H,1-3H3/b18-17+. The molecule has 0 saturated heterocycles. The third kappa shape index (κ3) is 3.85. The number of rotatable bonds is 4. The molecule has 2 aromatic carbocycles. The molecule has 0 saturated carbocycles. The lowest BCUT2D eigenvalue weighted by Gasteiger charge is -2.13. The van der Waals surface area contributed by atoms with Crippen molar-refractivity contribution in [2.24, 2.45) is 5.16 Å². The molecule has 2 rings (SSSR count). The molecule has 0 bridgehead atoms. The summed E-state index contributed by atoms with van der Waals surface area (Å²) in [6.45, 7) is 3.27. The molecule has 0 N–H and O–H groups in total. The summed E-state index contributed by atoms with van der Waals surface area (Å²) in [6.07, 6.45) is 0. The number of esters is 1. The quantitative estimate of drug-likeness (QED) is 0.286. The Morgan fingerprint density at radius 3 is 2.23 bits per heavy atom. The average Bonchev–Trinajstić information content (AvgIpc) is 2.49. The lowest BCUT2D eigenvalue weighted by atomic mass is 10.2. The van der Waals surface area contributed by atoms with E-state index in [9.17, 15) is 4.79 Å². The number of carbonyl (C=O) groups is 1. The van der Waals surface area contributed by atoms with Crippen LogP contribution in [0.2, 0.25) is 0 Å². The molecule has 0 heterocycles. The maximum atomic E-state index is 11.2. The molecule has 5 nitrogen and oxygen atoms in total. The van der Waals surface area contributed by atoms with Crippen LogP contribution in [-0.4, -0.2) is 19.0 Å². The lowest BCUT2D eigenvalue weighted by Crippen LogP contribution is -2.14. The van der Waals surface area contributed by atoms with Crippen molar-refractivity contribution in [3.8, 4) is 11.5 Å². The fourth-order valence-electron chi connectivity index (χ4n) is 1.87. The Labute approximate surface area is 129 Å². The average molecular weight is 299 g/mol. The molecule has 5 heteroatoms. The third-order valence-corrected chi connectivity index (χ3v) is 2.85. The van der Waals surface area contributed by atoms with Crippen molar-refractivity contribution in [3.63, 3.8) is 0 Å². The van der Waals surface area contributed by atoms with Gasteiger partial charge >= 0.3 is 5.97 Å². The minimum absolute atomic E-state index is 0.216. The molecule has 0 atom stereocenters. The van der Waals surface area contributed by atoms with Gasteiger partial charge in [-0.05, 0) is 35.8 Å². The zero-order chi connectivity index (χ0) is 15.9. The first kappa shape index (κ1) is 15.6.